The molecule has 1 aliphatic rings. The quantitative estimate of drug-likeness (QED) is 0.907. The van der Waals surface area contributed by atoms with Crippen LogP contribution in [-0.2, 0) is 9.53 Å². The Balaban J connectivity index is 1.99. The number of likely N-dealkylation sites (tertiary alicyclic amines) is 1. The number of carbonyl (C=O) groups is 2. The topological polar surface area (TPSA) is 67.9 Å². The lowest BCUT2D eigenvalue weighted by Gasteiger charge is -2.28. The fourth-order valence-corrected chi connectivity index (χ4v) is 2.86. The van der Waals surface area contributed by atoms with E-state index in [0.717, 1.165) is 17.7 Å². The third-order valence-corrected chi connectivity index (χ3v) is 4.16. The standard InChI is InChI=1S/C19H28N2O4/c1-13(14-8-10-15(24-5)11-9-14)20-17(22)16-7-6-12-21(16)18(23)25-19(2,3)4/h8-11,13,16H,6-7,12H2,1-5H3,(H,20,22). The van der Waals surface area contributed by atoms with Gasteiger partial charge in [-0.25, -0.2) is 4.79 Å². The predicted molar refractivity (Wildman–Crippen MR) is 95.5 cm³/mol. The van der Waals surface area contributed by atoms with Crippen LogP contribution in [0.25, 0.3) is 0 Å². The van der Waals surface area contributed by atoms with E-state index in [2.05, 4.69) is 5.32 Å². The van der Waals surface area contributed by atoms with Crippen LogP contribution < -0.4 is 10.1 Å². The van der Waals surface area contributed by atoms with Crippen LogP contribution in [0.4, 0.5) is 4.79 Å². The number of carbonyl (C=O) groups excluding carboxylic acids is 2. The van der Waals surface area contributed by atoms with E-state index in [-0.39, 0.29) is 11.9 Å². The first-order chi connectivity index (χ1) is 11.7. The number of benzene rings is 1. The van der Waals surface area contributed by atoms with Crippen LogP contribution in [0.1, 0.15) is 52.1 Å². The van der Waals surface area contributed by atoms with Gasteiger partial charge in [-0.1, -0.05) is 12.1 Å². The molecule has 0 aliphatic carbocycles. The number of hydrogen-bond donors (Lipinski definition) is 1. The zero-order valence-corrected chi connectivity index (χ0v) is 15.7. The van der Waals surface area contributed by atoms with E-state index < -0.39 is 17.7 Å². The first-order valence-electron chi connectivity index (χ1n) is 8.65. The van der Waals surface area contributed by atoms with Crippen LogP contribution in [0, 0.1) is 0 Å². The zero-order valence-electron chi connectivity index (χ0n) is 15.7. The van der Waals surface area contributed by atoms with Gasteiger partial charge in [0, 0.05) is 6.54 Å². The second-order valence-corrected chi connectivity index (χ2v) is 7.34. The molecule has 0 radical (unpaired) electrons. The Hall–Kier alpha value is -2.24. The molecule has 2 atom stereocenters. The largest absolute Gasteiger partial charge is 0.497 e. The molecular weight excluding hydrogens is 320 g/mol. The molecule has 6 nitrogen and oxygen atoms in total. The van der Waals surface area contributed by atoms with Crippen molar-refractivity contribution in [2.75, 3.05) is 13.7 Å². The fourth-order valence-electron chi connectivity index (χ4n) is 2.86. The highest BCUT2D eigenvalue weighted by molar-refractivity contribution is 5.86. The van der Waals surface area contributed by atoms with E-state index >= 15 is 0 Å². The molecule has 2 unspecified atom stereocenters. The molecule has 138 valence electrons. The Morgan fingerprint density at radius 3 is 2.44 bits per heavy atom. The number of amides is 2. The highest BCUT2D eigenvalue weighted by Gasteiger charge is 2.36. The monoisotopic (exact) mass is 348 g/mol. The van der Waals surface area contributed by atoms with Gasteiger partial charge in [-0.15, -0.1) is 0 Å². The van der Waals surface area contributed by atoms with E-state index in [1.54, 1.807) is 7.11 Å². The van der Waals surface area contributed by atoms with Gasteiger partial charge in [-0.2, -0.15) is 0 Å². The minimum atomic E-state index is -0.572. The zero-order chi connectivity index (χ0) is 18.6. The van der Waals surface area contributed by atoms with Crippen molar-refractivity contribution in [2.24, 2.45) is 0 Å². The van der Waals surface area contributed by atoms with E-state index in [1.165, 1.54) is 4.90 Å². The molecule has 0 aromatic heterocycles. The normalized spacial score (nSPS) is 18.6. The molecule has 2 rings (SSSR count). The van der Waals surface area contributed by atoms with Crippen molar-refractivity contribution < 1.29 is 19.1 Å². The highest BCUT2D eigenvalue weighted by Crippen LogP contribution is 2.23. The number of methoxy groups -OCH3 is 1. The molecule has 0 bridgehead atoms. The summed E-state index contributed by atoms with van der Waals surface area (Å²) in [7, 11) is 1.62. The molecule has 6 heteroatoms. The van der Waals surface area contributed by atoms with Gasteiger partial charge >= 0.3 is 6.09 Å². The SMILES string of the molecule is COc1ccc(C(C)NC(=O)C2CCCN2C(=O)OC(C)(C)C)cc1. The summed E-state index contributed by atoms with van der Waals surface area (Å²) in [5, 5.41) is 2.99. The van der Waals surface area contributed by atoms with Crippen molar-refractivity contribution in [3.05, 3.63) is 29.8 Å². The van der Waals surface area contributed by atoms with Crippen molar-refractivity contribution in [2.45, 2.75) is 58.2 Å². The number of rotatable bonds is 4. The van der Waals surface area contributed by atoms with Gasteiger partial charge < -0.3 is 14.8 Å². The summed E-state index contributed by atoms with van der Waals surface area (Å²) >= 11 is 0. The van der Waals surface area contributed by atoms with Crippen molar-refractivity contribution in [1.82, 2.24) is 10.2 Å². The Bertz CT molecular complexity index is 607. The van der Waals surface area contributed by atoms with E-state index in [1.807, 2.05) is 52.0 Å². The molecule has 1 aliphatic heterocycles. The van der Waals surface area contributed by atoms with E-state index in [0.29, 0.717) is 13.0 Å². The summed E-state index contributed by atoms with van der Waals surface area (Å²) in [6.45, 7) is 7.93. The van der Waals surface area contributed by atoms with Gasteiger partial charge in [0.25, 0.3) is 0 Å². The van der Waals surface area contributed by atoms with Crippen LogP contribution >= 0.6 is 0 Å². The summed E-state index contributed by atoms with van der Waals surface area (Å²) in [6.07, 6.45) is 1.02. The minimum absolute atomic E-state index is 0.147. The molecule has 1 aromatic carbocycles. The molecule has 1 N–H and O–H groups in total. The Morgan fingerprint density at radius 2 is 1.88 bits per heavy atom. The number of nitrogens with zero attached hydrogens (tertiary/aromatic N) is 1. The second kappa shape index (κ2) is 7.76. The smallest absolute Gasteiger partial charge is 0.410 e. The van der Waals surface area contributed by atoms with Crippen LogP contribution in [0.15, 0.2) is 24.3 Å². The van der Waals surface area contributed by atoms with Crippen LogP contribution in [0.5, 0.6) is 5.75 Å². The summed E-state index contributed by atoms with van der Waals surface area (Å²) in [4.78, 5) is 26.5. The molecule has 0 spiro atoms. The van der Waals surface area contributed by atoms with Gasteiger partial charge in [0.05, 0.1) is 13.2 Å². The number of hydrogen-bond acceptors (Lipinski definition) is 4. The first kappa shape index (κ1) is 19.1. The Kier molecular flexibility index (Phi) is 5.93. The summed E-state index contributed by atoms with van der Waals surface area (Å²) in [5.74, 6) is 0.626. The lowest BCUT2D eigenvalue weighted by atomic mass is 10.1. The lowest BCUT2D eigenvalue weighted by Crippen LogP contribution is -2.48. The number of nitrogens with one attached hydrogen (secondary N) is 1. The second-order valence-electron chi connectivity index (χ2n) is 7.34. The summed E-state index contributed by atoms with van der Waals surface area (Å²) in [6, 6.07) is 6.94. The van der Waals surface area contributed by atoms with Crippen molar-refractivity contribution in [3.8, 4) is 5.75 Å². The number of ether oxygens (including phenoxy) is 2. The molecule has 1 aromatic rings. The van der Waals surface area contributed by atoms with Gasteiger partial charge in [-0.05, 0) is 58.2 Å². The maximum Gasteiger partial charge on any atom is 0.410 e. The van der Waals surface area contributed by atoms with Gasteiger partial charge in [0.15, 0.2) is 0 Å². The third-order valence-electron chi connectivity index (χ3n) is 4.16. The molecule has 25 heavy (non-hydrogen) atoms. The average molecular weight is 348 g/mol. The first-order valence-corrected chi connectivity index (χ1v) is 8.65. The van der Waals surface area contributed by atoms with E-state index in [4.69, 9.17) is 9.47 Å². The van der Waals surface area contributed by atoms with Crippen molar-refractivity contribution in [1.29, 1.82) is 0 Å². The molecule has 2 amide bonds. The summed E-state index contributed by atoms with van der Waals surface area (Å²) < 4.78 is 10.6. The van der Waals surface area contributed by atoms with Gasteiger partial charge in [-0.3, -0.25) is 9.69 Å². The molecule has 1 saturated heterocycles. The third kappa shape index (κ3) is 5.11. The predicted octanol–water partition coefficient (Wildman–Crippen LogP) is 3.27. The fraction of sp³-hybridized carbons (Fsp3) is 0.579. The van der Waals surface area contributed by atoms with Crippen LogP contribution in [-0.4, -0.2) is 42.2 Å². The average Bonchev–Trinajstić information content (AvgIpc) is 3.03. The maximum absolute atomic E-state index is 12.6. The highest BCUT2D eigenvalue weighted by atomic mass is 16.6. The molecular formula is C19H28N2O4. The maximum atomic E-state index is 12.6. The van der Waals surface area contributed by atoms with Crippen molar-refractivity contribution in [3.63, 3.8) is 0 Å². The Labute approximate surface area is 149 Å². The van der Waals surface area contributed by atoms with Gasteiger partial charge in [0.2, 0.25) is 5.91 Å². The van der Waals surface area contributed by atoms with Crippen LogP contribution in [0.2, 0.25) is 0 Å². The molecule has 1 fully saturated rings. The van der Waals surface area contributed by atoms with Crippen molar-refractivity contribution >= 4 is 12.0 Å². The lowest BCUT2D eigenvalue weighted by molar-refractivity contribution is -0.126. The minimum Gasteiger partial charge on any atom is -0.497 e. The van der Waals surface area contributed by atoms with Crippen LogP contribution in [0.3, 0.4) is 0 Å². The molecule has 0 saturated carbocycles. The van der Waals surface area contributed by atoms with Gasteiger partial charge in [0.1, 0.15) is 17.4 Å². The summed E-state index contributed by atoms with van der Waals surface area (Å²) in [5.41, 5.74) is 0.410. The van der Waals surface area contributed by atoms with E-state index in [9.17, 15) is 9.59 Å². The molecule has 1 heterocycles. The Morgan fingerprint density at radius 1 is 1.24 bits per heavy atom.